The van der Waals surface area contributed by atoms with Crippen LogP contribution in [0, 0.1) is 11.3 Å². The highest BCUT2D eigenvalue weighted by atomic mass is 16.4. The number of Topliss-reactive ketones (excluding diaryl/α,β-unsaturated/α-hetero) is 1. The summed E-state index contributed by atoms with van der Waals surface area (Å²) in [4.78, 5) is 23.7. The highest BCUT2D eigenvalue weighted by molar-refractivity contribution is 5.79. The second-order valence-corrected chi connectivity index (χ2v) is 5.28. The fourth-order valence-electron chi connectivity index (χ4n) is 3.18. The number of hydrogen-bond donors (Lipinski definition) is 1. The van der Waals surface area contributed by atoms with Crippen molar-refractivity contribution < 1.29 is 14.7 Å². The van der Waals surface area contributed by atoms with Gasteiger partial charge in [0.05, 0.1) is 0 Å². The zero-order chi connectivity index (χ0) is 11.8. The van der Waals surface area contributed by atoms with E-state index < -0.39 is 6.09 Å². The lowest BCUT2D eigenvalue weighted by atomic mass is 9.62. The minimum absolute atomic E-state index is 0.236. The van der Waals surface area contributed by atoms with Gasteiger partial charge < -0.3 is 10.0 Å². The van der Waals surface area contributed by atoms with E-state index in [1.54, 1.807) is 0 Å². The lowest BCUT2D eigenvalue weighted by molar-refractivity contribution is -0.126. The van der Waals surface area contributed by atoms with Crippen molar-refractivity contribution in [1.29, 1.82) is 0 Å². The normalized spacial score (nSPS) is 29.4. The van der Waals surface area contributed by atoms with Crippen LogP contribution in [-0.4, -0.2) is 35.0 Å². The van der Waals surface area contributed by atoms with Gasteiger partial charge in [0, 0.05) is 25.9 Å². The highest BCUT2D eigenvalue weighted by Gasteiger charge is 2.43. The Morgan fingerprint density at radius 1 is 1.38 bits per heavy atom. The first kappa shape index (κ1) is 11.4. The van der Waals surface area contributed by atoms with Crippen LogP contribution < -0.4 is 0 Å². The molecular weight excluding hydrogens is 206 g/mol. The Hall–Kier alpha value is -1.06. The van der Waals surface area contributed by atoms with Crippen molar-refractivity contribution in [3.63, 3.8) is 0 Å². The van der Waals surface area contributed by atoms with Crippen LogP contribution in [0.4, 0.5) is 4.79 Å². The number of likely N-dealkylation sites (tertiary alicyclic amines) is 1. The van der Waals surface area contributed by atoms with Crippen molar-refractivity contribution >= 4 is 11.9 Å². The Bertz CT molecular complexity index is 305. The third kappa shape index (κ3) is 1.93. The number of ketones is 1. The number of carboxylic acid groups (broad SMARTS) is 1. The van der Waals surface area contributed by atoms with E-state index in [0.717, 1.165) is 19.3 Å². The topological polar surface area (TPSA) is 57.6 Å². The maximum absolute atomic E-state index is 11.4. The predicted octanol–water partition coefficient (Wildman–Crippen LogP) is 2.14. The summed E-state index contributed by atoms with van der Waals surface area (Å²) in [5, 5.41) is 8.90. The molecule has 2 rings (SSSR count). The van der Waals surface area contributed by atoms with Gasteiger partial charge in [-0.1, -0.05) is 6.92 Å². The molecule has 1 spiro atoms. The first-order chi connectivity index (χ1) is 7.53. The largest absolute Gasteiger partial charge is 0.465 e. The summed E-state index contributed by atoms with van der Waals surface area (Å²) in [6.45, 7) is 3.41. The van der Waals surface area contributed by atoms with Crippen LogP contribution in [0.5, 0.6) is 0 Å². The van der Waals surface area contributed by atoms with Crippen LogP contribution in [0.25, 0.3) is 0 Å². The van der Waals surface area contributed by atoms with Crippen LogP contribution in [0.15, 0.2) is 0 Å². The van der Waals surface area contributed by atoms with E-state index in [-0.39, 0.29) is 5.41 Å². The minimum Gasteiger partial charge on any atom is -0.465 e. The number of amides is 1. The average molecular weight is 225 g/mol. The predicted molar refractivity (Wildman–Crippen MR) is 59.3 cm³/mol. The monoisotopic (exact) mass is 225 g/mol. The standard InChI is InChI=1S/C12H19NO3/c1-9-8-10(14)2-3-12(9)4-6-13(7-5-12)11(15)16/h9H,2-8H2,1H3,(H,15,16). The lowest BCUT2D eigenvalue weighted by Crippen LogP contribution is -2.47. The van der Waals surface area contributed by atoms with Gasteiger partial charge in [-0.2, -0.15) is 0 Å². The Kier molecular flexibility index (Phi) is 2.91. The molecule has 2 aliphatic rings. The summed E-state index contributed by atoms with van der Waals surface area (Å²) in [6.07, 6.45) is 3.38. The molecule has 4 heteroatoms. The first-order valence-corrected chi connectivity index (χ1v) is 6.03. The number of hydrogen-bond acceptors (Lipinski definition) is 2. The fraction of sp³-hybridized carbons (Fsp3) is 0.833. The third-order valence-corrected chi connectivity index (χ3v) is 4.51. The number of carbonyl (C=O) groups is 2. The van der Waals surface area contributed by atoms with Crippen LogP contribution in [0.2, 0.25) is 0 Å². The summed E-state index contributed by atoms with van der Waals surface area (Å²) in [6, 6.07) is 0. The van der Waals surface area contributed by atoms with Gasteiger partial charge in [-0.3, -0.25) is 4.79 Å². The van der Waals surface area contributed by atoms with Crippen LogP contribution in [0.3, 0.4) is 0 Å². The van der Waals surface area contributed by atoms with Crippen LogP contribution >= 0.6 is 0 Å². The molecule has 1 saturated heterocycles. The third-order valence-electron chi connectivity index (χ3n) is 4.51. The van der Waals surface area contributed by atoms with E-state index in [9.17, 15) is 9.59 Å². The lowest BCUT2D eigenvalue weighted by Gasteiger charge is -2.47. The maximum atomic E-state index is 11.4. The van der Waals surface area contributed by atoms with E-state index >= 15 is 0 Å². The molecule has 0 aromatic rings. The summed E-state index contributed by atoms with van der Waals surface area (Å²) < 4.78 is 0. The summed E-state index contributed by atoms with van der Waals surface area (Å²) in [5.41, 5.74) is 0.236. The van der Waals surface area contributed by atoms with Gasteiger partial charge in [0.2, 0.25) is 0 Å². The van der Waals surface area contributed by atoms with Crippen molar-refractivity contribution in [1.82, 2.24) is 4.90 Å². The molecule has 1 saturated carbocycles. The van der Waals surface area contributed by atoms with Crippen molar-refractivity contribution in [2.24, 2.45) is 11.3 Å². The van der Waals surface area contributed by atoms with Gasteiger partial charge in [0.15, 0.2) is 0 Å². The van der Waals surface area contributed by atoms with Crippen LogP contribution in [-0.2, 0) is 4.79 Å². The number of nitrogens with zero attached hydrogens (tertiary/aromatic N) is 1. The van der Waals surface area contributed by atoms with Gasteiger partial charge >= 0.3 is 6.09 Å². The molecule has 1 atom stereocenters. The Morgan fingerprint density at radius 2 is 2.00 bits per heavy atom. The van der Waals surface area contributed by atoms with Crippen molar-refractivity contribution in [2.45, 2.75) is 39.0 Å². The van der Waals surface area contributed by atoms with E-state index in [0.29, 0.717) is 37.6 Å². The fourth-order valence-corrected chi connectivity index (χ4v) is 3.18. The highest BCUT2D eigenvalue weighted by Crippen LogP contribution is 2.47. The molecule has 90 valence electrons. The van der Waals surface area contributed by atoms with E-state index in [4.69, 9.17) is 5.11 Å². The molecule has 0 bridgehead atoms. The molecule has 1 aliphatic heterocycles. The Labute approximate surface area is 95.6 Å². The van der Waals surface area contributed by atoms with Crippen molar-refractivity contribution in [2.75, 3.05) is 13.1 Å². The smallest absolute Gasteiger partial charge is 0.407 e. The Balaban J connectivity index is 2.01. The molecule has 0 aromatic heterocycles. The number of rotatable bonds is 0. The SMILES string of the molecule is CC1CC(=O)CCC12CCN(C(=O)O)CC2. The van der Waals surface area contributed by atoms with Crippen LogP contribution in [0.1, 0.15) is 39.0 Å². The van der Waals surface area contributed by atoms with Crippen molar-refractivity contribution in [3.05, 3.63) is 0 Å². The van der Waals surface area contributed by atoms with Gasteiger partial charge in [0.1, 0.15) is 5.78 Å². The molecule has 1 unspecified atom stereocenters. The molecule has 1 heterocycles. The molecule has 0 aromatic carbocycles. The van der Waals surface area contributed by atoms with Gasteiger partial charge in [0.25, 0.3) is 0 Å². The van der Waals surface area contributed by atoms with Gasteiger partial charge in [-0.25, -0.2) is 4.79 Å². The molecule has 4 nitrogen and oxygen atoms in total. The average Bonchev–Trinajstić information content (AvgIpc) is 2.25. The minimum atomic E-state index is -0.811. The second kappa shape index (κ2) is 4.07. The molecule has 1 N–H and O–H groups in total. The summed E-state index contributed by atoms with van der Waals surface area (Å²) in [7, 11) is 0. The summed E-state index contributed by atoms with van der Waals surface area (Å²) in [5.74, 6) is 0.795. The zero-order valence-corrected chi connectivity index (χ0v) is 9.74. The first-order valence-electron chi connectivity index (χ1n) is 6.03. The molecular formula is C12H19NO3. The second-order valence-electron chi connectivity index (χ2n) is 5.28. The molecule has 1 amide bonds. The quantitative estimate of drug-likeness (QED) is 0.687. The Morgan fingerprint density at radius 3 is 2.50 bits per heavy atom. The number of carbonyl (C=O) groups excluding carboxylic acids is 1. The van der Waals surface area contributed by atoms with Gasteiger partial charge in [-0.05, 0) is 30.6 Å². The van der Waals surface area contributed by atoms with E-state index in [2.05, 4.69) is 6.92 Å². The molecule has 1 aliphatic carbocycles. The molecule has 0 radical (unpaired) electrons. The molecule has 16 heavy (non-hydrogen) atoms. The summed E-state index contributed by atoms with van der Waals surface area (Å²) >= 11 is 0. The number of piperidine rings is 1. The maximum Gasteiger partial charge on any atom is 0.407 e. The van der Waals surface area contributed by atoms with E-state index in [1.807, 2.05) is 0 Å². The molecule has 2 fully saturated rings. The van der Waals surface area contributed by atoms with E-state index in [1.165, 1.54) is 4.90 Å². The van der Waals surface area contributed by atoms with Crippen molar-refractivity contribution in [3.8, 4) is 0 Å². The van der Waals surface area contributed by atoms with Gasteiger partial charge in [-0.15, -0.1) is 0 Å². The zero-order valence-electron chi connectivity index (χ0n) is 9.74.